The summed E-state index contributed by atoms with van der Waals surface area (Å²) in [5.41, 5.74) is 2.18. The number of ether oxygens (including phenoxy) is 2. The molecule has 0 heterocycles. The lowest BCUT2D eigenvalue weighted by atomic mass is 10.1. The van der Waals surface area contributed by atoms with Gasteiger partial charge in [-0.05, 0) is 39.2 Å². The average Bonchev–Trinajstić information content (AvgIpc) is 2.47. The summed E-state index contributed by atoms with van der Waals surface area (Å²) in [6.45, 7) is 0. The predicted octanol–water partition coefficient (Wildman–Crippen LogP) is 4.64. The van der Waals surface area contributed by atoms with Crippen molar-refractivity contribution >= 4 is 28.1 Å². The van der Waals surface area contributed by atoms with E-state index in [1.165, 1.54) is 0 Å². The fourth-order valence-electron chi connectivity index (χ4n) is 1.74. The van der Waals surface area contributed by atoms with Crippen LogP contribution in [-0.2, 0) is 0 Å². The molecule has 3 heteroatoms. The minimum absolute atomic E-state index is 0.757. The van der Waals surface area contributed by atoms with Crippen LogP contribution >= 0.6 is 15.9 Å². The monoisotopic (exact) mass is 318 g/mol. The normalized spacial score (nSPS) is 10.7. The van der Waals surface area contributed by atoms with E-state index in [2.05, 4.69) is 34.1 Å². The molecule has 0 atom stereocenters. The van der Waals surface area contributed by atoms with Gasteiger partial charge >= 0.3 is 0 Å². The van der Waals surface area contributed by atoms with Crippen molar-refractivity contribution < 1.29 is 9.47 Å². The first-order chi connectivity index (χ1) is 9.24. The second kappa shape index (κ2) is 6.43. The Morgan fingerprint density at radius 1 is 0.842 bits per heavy atom. The van der Waals surface area contributed by atoms with Crippen molar-refractivity contribution in [2.45, 2.75) is 0 Å². The summed E-state index contributed by atoms with van der Waals surface area (Å²) in [6, 6.07) is 14.1. The van der Waals surface area contributed by atoms with Gasteiger partial charge in [-0.3, -0.25) is 0 Å². The molecule has 98 valence electrons. The van der Waals surface area contributed by atoms with Gasteiger partial charge in [0.15, 0.2) is 0 Å². The Labute approximate surface area is 121 Å². The third kappa shape index (κ3) is 3.38. The zero-order chi connectivity index (χ0) is 13.7. The smallest absolute Gasteiger partial charge is 0.137 e. The molecule has 0 N–H and O–H groups in total. The standard InChI is InChI=1S/C16H15BrO2/c1-18-14-10-13(11-15(19-2)16(14)17)9-8-12-6-4-3-5-7-12/h3-11H,1-2H3/b9-8+. The highest BCUT2D eigenvalue weighted by Crippen LogP contribution is 2.36. The van der Waals surface area contributed by atoms with Crippen LogP contribution in [0.15, 0.2) is 46.9 Å². The minimum Gasteiger partial charge on any atom is -0.495 e. The molecule has 0 aliphatic carbocycles. The van der Waals surface area contributed by atoms with Gasteiger partial charge in [-0.15, -0.1) is 0 Å². The maximum atomic E-state index is 5.32. The molecule has 0 bridgehead atoms. The molecule has 0 saturated carbocycles. The molecule has 0 aromatic heterocycles. The molecule has 0 unspecified atom stereocenters. The van der Waals surface area contributed by atoms with E-state index in [1.54, 1.807) is 14.2 Å². The van der Waals surface area contributed by atoms with E-state index in [0.29, 0.717) is 0 Å². The quantitative estimate of drug-likeness (QED) is 0.765. The fourth-order valence-corrected chi connectivity index (χ4v) is 2.30. The summed E-state index contributed by atoms with van der Waals surface area (Å²) in [5.74, 6) is 1.51. The van der Waals surface area contributed by atoms with E-state index in [1.807, 2.05) is 36.4 Å². The summed E-state index contributed by atoms with van der Waals surface area (Å²) < 4.78 is 11.5. The van der Waals surface area contributed by atoms with Gasteiger partial charge in [-0.25, -0.2) is 0 Å². The number of methoxy groups -OCH3 is 2. The average molecular weight is 319 g/mol. The number of hydrogen-bond donors (Lipinski definition) is 0. The Hall–Kier alpha value is -1.74. The summed E-state index contributed by atoms with van der Waals surface area (Å²) in [6.07, 6.45) is 4.09. The van der Waals surface area contributed by atoms with Crippen LogP contribution in [0.4, 0.5) is 0 Å². The molecule has 2 aromatic carbocycles. The molecule has 2 rings (SSSR count). The van der Waals surface area contributed by atoms with E-state index < -0.39 is 0 Å². The molecule has 0 radical (unpaired) electrons. The molecule has 0 fully saturated rings. The molecule has 2 nitrogen and oxygen atoms in total. The summed E-state index contributed by atoms with van der Waals surface area (Å²) in [7, 11) is 3.29. The maximum absolute atomic E-state index is 5.32. The first-order valence-electron chi connectivity index (χ1n) is 5.89. The minimum atomic E-state index is 0.757. The first kappa shape index (κ1) is 13.7. The van der Waals surface area contributed by atoms with Gasteiger partial charge in [0.1, 0.15) is 16.0 Å². The Balaban J connectivity index is 2.33. The van der Waals surface area contributed by atoms with Crippen molar-refractivity contribution in [1.29, 1.82) is 0 Å². The molecular formula is C16H15BrO2. The van der Waals surface area contributed by atoms with Crippen LogP contribution in [0, 0.1) is 0 Å². The lowest BCUT2D eigenvalue weighted by molar-refractivity contribution is 0.389. The lowest BCUT2D eigenvalue weighted by Gasteiger charge is -2.09. The van der Waals surface area contributed by atoms with E-state index in [-0.39, 0.29) is 0 Å². The highest BCUT2D eigenvalue weighted by Gasteiger charge is 2.08. The van der Waals surface area contributed by atoms with Crippen LogP contribution in [-0.4, -0.2) is 14.2 Å². The molecule has 0 aliphatic heterocycles. The van der Waals surface area contributed by atoms with Crippen molar-refractivity contribution in [3.63, 3.8) is 0 Å². The van der Waals surface area contributed by atoms with Crippen molar-refractivity contribution in [3.8, 4) is 11.5 Å². The second-order valence-electron chi connectivity index (χ2n) is 3.98. The number of benzene rings is 2. The summed E-state index contributed by atoms with van der Waals surface area (Å²) in [4.78, 5) is 0. The largest absolute Gasteiger partial charge is 0.495 e. The first-order valence-corrected chi connectivity index (χ1v) is 6.68. The lowest BCUT2D eigenvalue weighted by Crippen LogP contribution is -1.90. The number of halogens is 1. The van der Waals surface area contributed by atoms with E-state index in [9.17, 15) is 0 Å². The van der Waals surface area contributed by atoms with Gasteiger partial charge in [0.25, 0.3) is 0 Å². The van der Waals surface area contributed by atoms with Crippen LogP contribution in [0.1, 0.15) is 11.1 Å². The van der Waals surface area contributed by atoms with Crippen LogP contribution in [0.3, 0.4) is 0 Å². The molecule has 2 aromatic rings. The fraction of sp³-hybridized carbons (Fsp3) is 0.125. The van der Waals surface area contributed by atoms with Gasteiger partial charge in [-0.2, -0.15) is 0 Å². The SMILES string of the molecule is COc1cc(/C=C/c2ccccc2)cc(OC)c1Br. The topological polar surface area (TPSA) is 18.5 Å². The third-order valence-corrected chi connectivity index (χ3v) is 3.52. The predicted molar refractivity (Wildman–Crippen MR) is 82.6 cm³/mol. The van der Waals surface area contributed by atoms with Gasteiger partial charge in [0, 0.05) is 0 Å². The Bertz CT molecular complexity index is 552. The highest BCUT2D eigenvalue weighted by atomic mass is 79.9. The van der Waals surface area contributed by atoms with Crippen molar-refractivity contribution in [2.24, 2.45) is 0 Å². The van der Waals surface area contributed by atoms with Crippen LogP contribution in [0.25, 0.3) is 12.2 Å². The highest BCUT2D eigenvalue weighted by molar-refractivity contribution is 9.10. The molecule has 0 amide bonds. The zero-order valence-electron chi connectivity index (χ0n) is 10.9. The number of hydrogen-bond acceptors (Lipinski definition) is 2. The molecular weight excluding hydrogens is 304 g/mol. The number of rotatable bonds is 4. The molecule has 19 heavy (non-hydrogen) atoms. The summed E-state index contributed by atoms with van der Waals surface area (Å²) in [5, 5.41) is 0. The van der Waals surface area contributed by atoms with E-state index >= 15 is 0 Å². The third-order valence-electron chi connectivity index (χ3n) is 2.74. The van der Waals surface area contributed by atoms with Gasteiger partial charge < -0.3 is 9.47 Å². The molecule has 0 saturated heterocycles. The van der Waals surface area contributed by atoms with Crippen molar-refractivity contribution in [2.75, 3.05) is 14.2 Å². The molecule has 0 spiro atoms. The second-order valence-corrected chi connectivity index (χ2v) is 4.78. The Morgan fingerprint density at radius 2 is 1.37 bits per heavy atom. The molecule has 0 aliphatic rings. The van der Waals surface area contributed by atoms with Crippen molar-refractivity contribution in [1.82, 2.24) is 0 Å². The van der Waals surface area contributed by atoms with Crippen molar-refractivity contribution in [3.05, 3.63) is 58.1 Å². The van der Waals surface area contributed by atoms with Crippen LogP contribution < -0.4 is 9.47 Å². The van der Waals surface area contributed by atoms with Gasteiger partial charge in [0.2, 0.25) is 0 Å². The van der Waals surface area contributed by atoms with Gasteiger partial charge in [0.05, 0.1) is 14.2 Å². The Morgan fingerprint density at radius 3 is 1.89 bits per heavy atom. The van der Waals surface area contributed by atoms with E-state index in [4.69, 9.17) is 9.47 Å². The van der Waals surface area contributed by atoms with Gasteiger partial charge in [-0.1, -0.05) is 42.5 Å². The van der Waals surface area contributed by atoms with Crippen LogP contribution in [0.5, 0.6) is 11.5 Å². The maximum Gasteiger partial charge on any atom is 0.137 e. The summed E-state index contributed by atoms with van der Waals surface area (Å²) >= 11 is 3.46. The van der Waals surface area contributed by atoms with Crippen LogP contribution in [0.2, 0.25) is 0 Å². The Kier molecular flexibility index (Phi) is 4.63. The van der Waals surface area contributed by atoms with E-state index in [0.717, 1.165) is 27.1 Å². The zero-order valence-corrected chi connectivity index (χ0v) is 12.5.